The number of piperazine rings is 1. The van der Waals surface area contributed by atoms with Crippen molar-refractivity contribution in [3.63, 3.8) is 0 Å². The molecule has 0 saturated carbocycles. The van der Waals surface area contributed by atoms with Crippen molar-refractivity contribution in [3.8, 4) is 6.19 Å². The highest BCUT2D eigenvalue weighted by Crippen LogP contribution is 2.37. The molecule has 2 fully saturated rings. The number of nitriles is 1. The summed E-state index contributed by atoms with van der Waals surface area (Å²) >= 11 is 0. The molecule has 0 aliphatic carbocycles. The number of amides is 2. The number of aromatic nitrogens is 1. The number of rotatable bonds is 4. The number of aromatic amines is 1. The van der Waals surface area contributed by atoms with Crippen LogP contribution in [-0.2, 0) is 0 Å². The highest BCUT2D eigenvalue weighted by molar-refractivity contribution is 6.20. The van der Waals surface area contributed by atoms with Gasteiger partial charge in [-0.15, -0.1) is 0 Å². The van der Waals surface area contributed by atoms with Gasteiger partial charge in [0.25, 0.3) is 11.8 Å². The molecule has 4 N–H and O–H groups in total. The maximum Gasteiger partial charge on any atom is 0.254 e. The minimum atomic E-state index is -0.743. The molecule has 176 valence electrons. The molecule has 0 bridgehead atoms. The van der Waals surface area contributed by atoms with Gasteiger partial charge in [0.05, 0.1) is 16.8 Å². The molecule has 1 unspecified atom stereocenters. The first-order valence-corrected chi connectivity index (χ1v) is 11.3. The lowest BCUT2D eigenvalue weighted by Gasteiger charge is -2.32. The summed E-state index contributed by atoms with van der Waals surface area (Å²) in [6.07, 6.45) is 2.81. The maximum atomic E-state index is 15.2. The molecule has 9 nitrogen and oxygen atoms in total. The van der Waals surface area contributed by atoms with Gasteiger partial charge in [0.2, 0.25) is 0 Å². The summed E-state index contributed by atoms with van der Waals surface area (Å²) in [5.41, 5.74) is 7.43. The van der Waals surface area contributed by atoms with Crippen molar-refractivity contribution in [2.75, 3.05) is 51.6 Å². The Bertz CT molecular complexity index is 1340. The Balaban J connectivity index is 1.58. The van der Waals surface area contributed by atoms with Crippen molar-refractivity contribution >= 4 is 39.3 Å². The first kappa shape index (κ1) is 22.0. The van der Waals surface area contributed by atoms with Crippen molar-refractivity contribution < 1.29 is 14.0 Å². The monoisotopic (exact) mass is 463 g/mol. The van der Waals surface area contributed by atoms with Gasteiger partial charge >= 0.3 is 0 Å². The number of carbonyl (C=O) groups is 2. The number of nitrogens with zero attached hydrogens (tertiary/aromatic N) is 4. The Morgan fingerprint density at radius 2 is 1.97 bits per heavy atom. The lowest BCUT2D eigenvalue weighted by molar-refractivity contribution is 0.0664. The van der Waals surface area contributed by atoms with E-state index in [2.05, 4.69) is 21.4 Å². The molecular weight excluding hydrogens is 437 g/mol. The molecule has 3 aromatic rings. The topological polar surface area (TPSA) is 121 Å². The Morgan fingerprint density at radius 3 is 2.65 bits per heavy atom. The van der Waals surface area contributed by atoms with E-state index >= 15 is 4.39 Å². The number of likely N-dealkylation sites (tertiary alicyclic amines) is 1. The van der Waals surface area contributed by atoms with Crippen molar-refractivity contribution in [2.45, 2.75) is 12.5 Å². The molecule has 2 aliphatic rings. The summed E-state index contributed by atoms with van der Waals surface area (Å²) in [4.78, 5) is 34.0. The van der Waals surface area contributed by atoms with Crippen LogP contribution in [0.4, 0.5) is 10.1 Å². The summed E-state index contributed by atoms with van der Waals surface area (Å²) in [6, 6.07) is 6.29. The average molecular weight is 464 g/mol. The SMILES string of the molecule is CN1CCN(C(=O)c2ccc3c(c2)[nH]c2c(C(N)=O)cc(F)c(NC4CCN(C#N)C4)c23)CC1. The van der Waals surface area contributed by atoms with Gasteiger partial charge in [0, 0.05) is 67.2 Å². The number of benzene rings is 2. The third-order valence-corrected chi connectivity index (χ3v) is 6.81. The zero-order chi connectivity index (χ0) is 24.0. The zero-order valence-corrected chi connectivity index (χ0v) is 18.9. The fraction of sp³-hybridized carbons (Fsp3) is 0.375. The van der Waals surface area contributed by atoms with E-state index in [9.17, 15) is 9.59 Å². The van der Waals surface area contributed by atoms with Crippen LogP contribution in [0.5, 0.6) is 0 Å². The number of nitrogens with two attached hydrogens (primary N) is 1. The third-order valence-electron chi connectivity index (χ3n) is 6.81. The van der Waals surface area contributed by atoms with Gasteiger partial charge in [-0.1, -0.05) is 6.07 Å². The van der Waals surface area contributed by atoms with E-state index in [4.69, 9.17) is 11.0 Å². The van der Waals surface area contributed by atoms with E-state index in [1.807, 2.05) is 11.9 Å². The van der Waals surface area contributed by atoms with E-state index < -0.39 is 11.7 Å². The van der Waals surface area contributed by atoms with Gasteiger partial charge in [-0.3, -0.25) is 9.59 Å². The van der Waals surface area contributed by atoms with Crippen LogP contribution in [0.3, 0.4) is 0 Å². The molecule has 0 spiro atoms. The first-order valence-electron chi connectivity index (χ1n) is 11.3. The number of halogens is 1. The number of carbonyl (C=O) groups excluding carboxylic acids is 2. The highest BCUT2D eigenvalue weighted by Gasteiger charge is 2.26. The van der Waals surface area contributed by atoms with Crippen LogP contribution in [-0.4, -0.2) is 83.9 Å². The number of nitrogens with one attached hydrogen (secondary N) is 2. The van der Waals surface area contributed by atoms with E-state index in [-0.39, 0.29) is 23.2 Å². The van der Waals surface area contributed by atoms with Crippen LogP contribution in [0.1, 0.15) is 27.1 Å². The lowest BCUT2D eigenvalue weighted by Crippen LogP contribution is -2.47. The molecule has 1 aromatic heterocycles. The molecule has 3 heterocycles. The molecule has 34 heavy (non-hydrogen) atoms. The second kappa shape index (κ2) is 8.50. The molecular formula is C24H26FN7O2. The molecule has 2 aliphatic heterocycles. The van der Waals surface area contributed by atoms with Crippen LogP contribution in [0.25, 0.3) is 21.8 Å². The van der Waals surface area contributed by atoms with Crippen molar-refractivity contribution in [2.24, 2.45) is 5.73 Å². The zero-order valence-electron chi connectivity index (χ0n) is 18.9. The van der Waals surface area contributed by atoms with E-state index in [0.717, 1.165) is 19.2 Å². The van der Waals surface area contributed by atoms with Crippen molar-refractivity contribution in [1.29, 1.82) is 5.26 Å². The maximum absolute atomic E-state index is 15.2. The van der Waals surface area contributed by atoms with Gasteiger partial charge in [0.15, 0.2) is 6.19 Å². The molecule has 1 atom stereocenters. The van der Waals surface area contributed by atoms with Gasteiger partial charge < -0.3 is 30.7 Å². The Hall–Kier alpha value is -3.84. The number of hydrogen-bond acceptors (Lipinski definition) is 6. The van der Waals surface area contributed by atoms with E-state index in [0.29, 0.717) is 60.0 Å². The lowest BCUT2D eigenvalue weighted by atomic mass is 10.0. The molecule has 2 aromatic carbocycles. The van der Waals surface area contributed by atoms with E-state index in [1.54, 1.807) is 23.1 Å². The van der Waals surface area contributed by atoms with Crippen LogP contribution in [0, 0.1) is 17.3 Å². The van der Waals surface area contributed by atoms with Crippen molar-refractivity contribution in [3.05, 3.63) is 41.2 Å². The van der Waals surface area contributed by atoms with Crippen LogP contribution in [0.2, 0.25) is 0 Å². The molecule has 2 saturated heterocycles. The summed E-state index contributed by atoms with van der Waals surface area (Å²) in [6.45, 7) is 4.03. The number of anilines is 1. The number of H-pyrrole nitrogens is 1. The summed E-state index contributed by atoms with van der Waals surface area (Å²) < 4.78 is 15.2. The van der Waals surface area contributed by atoms with Gasteiger partial charge in [0.1, 0.15) is 5.82 Å². The summed E-state index contributed by atoms with van der Waals surface area (Å²) in [7, 11) is 2.03. The molecule has 10 heteroatoms. The fourth-order valence-electron chi connectivity index (χ4n) is 4.88. The summed E-state index contributed by atoms with van der Waals surface area (Å²) in [5, 5.41) is 13.6. The number of likely N-dealkylation sites (N-methyl/N-ethyl adjacent to an activating group) is 1. The Labute approximate surface area is 195 Å². The van der Waals surface area contributed by atoms with Gasteiger partial charge in [-0.05, 0) is 31.7 Å². The first-order chi connectivity index (χ1) is 16.4. The second-order valence-corrected chi connectivity index (χ2v) is 9.05. The third kappa shape index (κ3) is 3.78. The highest BCUT2D eigenvalue weighted by atomic mass is 19.1. The van der Waals surface area contributed by atoms with E-state index in [1.165, 1.54) is 0 Å². The predicted octanol–water partition coefficient (Wildman–Crippen LogP) is 1.91. The smallest absolute Gasteiger partial charge is 0.254 e. The number of hydrogen-bond donors (Lipinski definition) is 3. The minimum absolute atomic E-state index is 0.0475. The summed E-state index contributed by atoms with van der Waals surface area (Å²) in [5.74, 6) is -1.39. The fourth-order valence-corrected chi connectivity index (χ4v) is 4.88. The quantitative estimate of drug-likeness (QED) is 0.508. The normalized spacial score (nSPS) is 19.0. The van der Waals surface area contributed by atoms with Crippen LogP contribution in [0.15, 0.2) is 24.3 Å². The van der Waals surface area contributed by atoms with Crippen LogP contribution < -0.4 is 11.1 Å². The number of primary amides is 1. The molecule has 0 radical (unpaired) electrons. The second-order valence-electron chi connectivity index (χ2n) is 9.05. The average Bonchev–Trinajstić information content (AvgIpc) is 3.44. The largest absolute Gasteiger partial charge is 0.377 e. The number of fused-ring (bicyclic) bond motifs is 3. The molecule has 5 rings (SSSR count). The van der Waals surface area contributed by atoms with Crippen molar-refractivity contribution in [1.82, 2.24) is 19.7 Å². The standard InChI is InChI=1S/C24H26FN7O2/c1-30-6-8-32(9-7-30)24(34)14-2-3-16-19(10-14)29-21-17(23(27)33)11-18(25)22(20(16)21)28-15-4-5-31(12-15)13-26/h2-3,10-11,15,28-29H,4-9,12H2,1H3,(H2,27,33). The predicted molar refractivity (Wildman–Crippen MR) is 127 cm³/mol. The Morgan fingerprint density at radius 1 is 1.21 bits per heavy atom. The minimum Gasteiger partial charge on any atom is -0.377 e. The van der Waals surface area contributed by atoms with Gasteiger partial charge in [-0.2, -0.15) is 5.26 Å². The molecule has 2 amide bonds. The van der Waals surface area contributed by atoms with Crippen LogP contribution >= 0.6 is 0 Å². The van der Waals surface area contributed by atoms with Gasteiger partial charge in [-0.25, -0.2) is 4.39 Å². The Kier molecular flexibility index (Phi) is 5.49.